The van der Waals surface area contributed by atoms with Crippen LogP contribution < -0.4 is 10.5 Å². The first-order chi connectivity index (χ1) is 11.1. The van der Waals surface area contributed by atoms with E-state index in [1.165, 1.54) is 16.7 Å². The lowest BCUT2D eigenvalue weighted by atomic mass is 10.1. The van der Waals surface area contributed by atoms with Crippen molar-refractivity contribution >= 4 is 11.0 Å². The van der Waals surface area contributed by atoms with Gasteiger partial charge in [0.2, 0.25) is 0 Å². The SMILES string of the molecule is Cc1ccc(OCCn2c(CN)nc3cc(C)c(C)cc32)cc1. The lowest BCUT2D eigenvalue weighted by Crippen LogP contribution is -2.13. The van der Waals surface area contributed by atoms with Gasteiger partial charge in [0.15, 0.2) is 0 Å². The van der Waals surface area contributed by atoms with Crippen molar-refractivity contribution in [1.29, 1.82) is 0 Å². The molecule has 0 fully saturated rings. The van der Waals surface area contributed by atoms with Crippen LogP contribution in [0.5, 0.6) is 5.75 Å². The van der Waals surface area contributed by atoms with Gasteiger partial charge in [0.1, 0.15) is 18.2 Å². The number of imidazole rings is 1. The van der Waals surface area contributed by atoms with Gasteiger partial charge < -0.3 is 15.0 Å². The maximum Gasteiger partial charge on any atom is 0.123 e. The van der Waals surface area contributed by atoms with E-state index in [4.69, 9.17) is 10.5 Å². The van der Waals surface area contributed by atoms with Crippen molar-refractivity contribution in [2.75, 3.05) is 6.61 Å². The van der Waals surface area contributed by atoms with Gasteiger partial charge in [0.05, 0.1) is 24.1 Å². The van der Waals surface area contributed by atoms with Crippen LogP contribution in [0.2, 0.25) is 0 Å². The Hall–Kier alpha value is -2.33. The van der Waals surface area contributed by atoms with Crippen LogP contribution >= 0.6 is 0 Å². The molecule has 2 N–H and O–H groups in total. The van der Waals surface area contributed by atoms with Gasteiger partial charge in [-0.1, -0.05) is 17.7 Å². The lowest BCUT2D eigenvalue weighted by molar-refractivity contribution is 0.298. The third kappa shape index (κ3) is 3.22. The van der Waals surface area contributed by atoms with Gasteiger partial charge in [0, 0.05) is 0 Å². The average Bonchev–Trinajstić information content (AvgIpc) is 2.87. The normalized spacial score (nSPS) is 11.1. The number of rotatable bonds is 5. The second-order valence-corrected chi connectivity index (χ2v) is 5.97. The maximum absolute atomic E-state index is 5.87. The van der Waals surface area contributed by atoms with Crippen molar-refractivity contribution in [3.05, 3.63) is 58.9 Å². The molecule has 0 amide bonds. The summed E-state index contributed by atoms with van der Waals surface area (Å²) in [6.07, 6.45) is 0. The summed E-state index contributed by atoms with van der Waals surface area (Å²) in [7, 11) is 0. The molecule has 0 saturated carbocycles. The fraction of sp³-hybridized carbons (Fsp3) is 0.316. The molecule has 120 valence electrons. The van der Waals surface area contributed by atoms with Crippen molar-refractivity contribution < 1.29 is 4.74 Å². The summed E-state index contributed by atoms with van der Waals surface area (Å²) in [4.78, 5) is 4.65. The predicted octanol–water partition coefficient (Wildman–Crippen LogP) is 3.50. The number of fused-ring (bicyclic) bond motifs is 1. The fourth-order valence-electron chi connectivity index (χ4n) is 2.72. The van der Waals surface area contributed by atoms with E-state index in [9.17, 15) is 0 Å². The Labute approximate surface area is 136 Å². The van der Waals surface area contributed by atoms with Crippen LogP contribution in [-0.4, -0.2) is 16.2 Å². The smallest absolute Gasteiger partial charge is 0.123 e. The monoisotopic (exact) mass is 309 g/mol. The Kier molecular flexibility index (Phi) is 4.35. The van der Waals surface area contributed by atoms with Crippen LogP contribution in [0.3, 0.4) is 0 Å². The van der Waals surface area contributed by atoms with Gasteiger partial charge in [-0.15, -0.1) is 0 Å². The van der Waals surface area contributed by atoms with E-state index in [1.807, 2.05) is 12.1 Å². The molecular weight excluding hydrogens is 286 g/mol. The number of benzene rings is 2. The summed E-state index contributed by atoms with van der Waals surface area (Å²) in [6.45, 7) is 8.05. The Morgan fingerprint density at radius 2 is 1.74 bits per heavy atom. The van der Waals surface area contributed by atoms with E-state index in [2.05, 4.69) is 54.6 Å². The Bertz CT molecular complexity index is 819. The molecule has 1 aromatic heterocycles. The number of hydrogen-bond donors (Lipinski definition) is 1. The molecule has 0 aliphatic carbocycles. The number of nitrogens with zero attached hydrogens (tertiary/aromatic N) is 2. The topological polar surface area (TPSA) is 53.1 Å². The summed E-state index contributed by atoms with van der Waals surface area (Å²) >= 11 is 0. The molecule has 0 saturated heterocycles. The second kappa shape index (κ2) is 6.42. The molecule has 2 aromatic carbocycles. The second-order valence-electron chi connectivity index (χ2n) is 5.97. The van der Waals surface area contributed by atoms with E-state index in [0.29, 0.717) is 13.2 Å². The first-order valence-electron chi connectivity index (χ1n) is 7.94. The molecule has 0 unspecified atom stereocenters. The van der Waals surface area contributed by atoms with Gasteiger partial charge in [-0.05, 0) is 56.2 Å². The quantitative estimate of drug-likeness (QED) is 0.785. The third-order valence-electron chi connectivity index (χ3n) is 4.23. The molecule has 0 bridgehead atoms. The Morgan fingerprint density at radius 3 is 2.43 bits per heavy atom. The molecule has 0 spiro atoms. The van der Waals surface area contributed by atoms with Crippen LogP contribution in [0, 0.1) is 20.8 Å². The summed E-state index contributed by atoms with van der Waals surface area (Å²) in [5.74, 6) is 1.79. The Balaban J connectivity index is 1.81. The van der Waals surface area contributed by atoms with Crippen molar-refractivity contribution in [1.82, 2.24) is 9.55 Å². The van der Waals surface area contributed by atoms with Crippen molar-refractivity contribution in [3.8, 4) is 5.75 Å². The van der Waals surface area contributed by atoms with Gasteiger partial charge in [0.25, 0.3) is 0 Å². The first kappa shape index (κ1) is 15.6. The molecule has 1 heterocycles. The highest BCUT2D eigenvalue weighted by atomic mass is 16.5. The van der Waals surface area contributed by atoms with Crippen molar-refractivity contribution in [2.24, 2.45) is 5.73 Å². The minimum atomic E-state index is 0.428. The van der Waals surface area contributed by atoms with Gasteiger partial charge in [-0.2, -0.15) is 0 Å². The van der Waals surface area contributed by atoms with E-state index in [1.54, 1.807) is 0 Å². The highest BCUT2D eigenvalue weighted by Gasteiger charge is 2.11. The number of nitrogens with two attached hydrogens (primary N) is 1. The first-order valence-corrected chi connectivity index (χ1v) is 7.94. The molecule has 0 radical (unpaired) electrons. The van der Waals surface area contributed by atoms with Crippen LogP contribution in [0.15, 0.2) is 36.4 Å². The third-order valence-corrected chi connectivity index (χ3v) is 4.23. The molecule has 3 aromatic rings. The fourth-order valence-corrected chi connectivity index (χ4v) is 2.72. The van der Waals surface area contributed by atoms with E-state index < -0.39 is 0 Å². The lowest BCUT2D eigenvalue weighted by Gasteiger charge is -2.11. The molecule has 23 heavy (non-hydrogen) atoms. The molecule has 0 aliphatic heterocycles. The standard InChI is InChI=1S/C19H23N3O/c1-13-4-6-16(7-5-13)23-9-8-22-18-11-15(3)14(2)10-17(18)21-19(22)12-20/h4-7,10-11H,8-9,12,20H2,1-3H3. The zero-order valence-corrected chi connectivity index (χ0v) is 14.0. The molecular formula is C19H23N3O. The molecule has 3 rings (SSSR count). The summed E-state index contributed by atoms with van der Waals surface area (Å²) in [5.41, 5.74) is 11.7. The van der Waals surface area contributed by atoms with Crippen LogP contribution in [0.1, 0.15) is 22.5 Å². The Morgan fingerprint density at radius 1 is 1.04 bits per heavy atom. The molecule has 4 nitrogen and oxygen atoms in total. The maximum atomic E-state index is 5.87. The summed E-state index contributed by atoms with van der Waals surface area (Å²) in [6, 6.07) is 12.4. The van der Waals surface area contributed by atoms with Crippen LogP contribution in [0.25, 0.3) is 11.0 Å². The van der Waals surface area contributed by atoms with Crippen molar-refractivity contribution in [2.45, 2.75) is 33.9 Å². The van der Waals surface area contributed by atoms with Crippen LogP contribution in [-0.2, 0) is 13.1 Å². The minimum absolute atomic E-state index is 0.428. The van der Waals surface area contributed by atoms with Crippen LogP contribution in [0.4, 0.5) is 0 Å². The number of hydrogen-bond acceptors (Lipinski definition) is 3. The predicted molar refractivity (Wildman–Crippen MR) is 93.8 cm³/mol. The average molecular weight is 309 g/mol. The number of aromatic nitrogens is 2. The molecule has 4 heteroatoms. The minimum Gasteiger partial charge on any atom is -0.492 e. The zero-order valence-electron chi connectivity index (χ0n) is 14.0. The van der Waals surface area contributed by atoms with E-state index in [-0.39, 0.29) is 0 Å². The summed E-state index contributed by atoms with van der Waals surface area (Å²) in [5, 5.41) is 0. The van der Waals surface area contributed by atoms with E-state index >= 15 is 0 Å². The van der Waals surface area contributed by atoms with Gasteiger partial charge in [-0.3, -0.25) is 0 Å². The highest BCUT2D eigenvalue weighted by Crippen LogP contribution is 2.21. The molecule has 0 atom stereocenters. The summed E-state index contributed by atoms with van der Waals surface area (Å²) < 4.78 is 8.01. The van der Waals surface area contributed by atoms with Gasteiger partial charge >= 0.3 is 0 Å². The zero-order chi connectivity index (χ0) is 16.4. The van der Waals surface area contributed by atoms with Crippen molar-refractivity contribution in [3.63, 3.8) is 0 Å². The largest absolute Gasteiger partial charge is 0.492 e. The molecule has 0 aliphatic rings. The number of aryl methyl sites for hydroxylation is 3. The van der Waals surface area contributed by atoms with E-state index in [0.717, 1.165) is 29.2 Å². The van der Waals surface area contributed by atoms with Gasteiger partial charge in [-0.25, -0.2) is 4.98 Å². The number of ether oxygens (including phenoxy) is 1. The highest BCUT2D eigenvalue weighted by molar-refractivity contribution is 5.78.